The molecule has 1 aromatic carbocycles. The molecule has 7 heteroatoms. The lowest BCUT2D eigenvalue weighted by atomic mass is 10.1. The summed E-state index contributed by atoms with van der Waals surface area (Å²) in [6, 6.07) is 9.56. The Morgan fingerprint density at radius 1 is 1.32 bits per heavy atom. The number of amides is 1. The van der Waals surface area contributed by atoms with Crippen LogP contribution in [0.2, 0.25) is 0 Å². The number of aromatic nitrogens is 3. The molecule has 3 aromatic rings. The second kappa shape index (κ2) is 6.51. The van der Waals surface area contributed by atoms with Gasteiger partial charge in [-0.2, -0.15) is 4.98 Å². The smallest absolute Gasteiger partial charge is 0.270 e. The molecule has 1 N–H and O–H groups in total. The first-order chi connectivity index (χ1) is 12.2. The molecule has 1 aliphatic rings. The monoisotopic (exact) mass is 340 g/mol. The van der Waals surface area contributed by atoms with Gasteiger partial charge in [0.15, 0.2) is 5.82 Å². The molecule has 0 saturated carbocycles. The van der Waals surface area contributed by atoms with E-state index in [2.05, 4.69) is 15.1 Å². The van der Waals surface area contributed by atoms with Crippen molar-refractivity contribution in [1.82, 2.24) is 20.0 Å². The highest BCUT2D eigenvalue weighted by molar-refractivity contribution is 5.92. The van der Waals surface area contributed by atoms with Gasteiger partial charge in [0.25, 0.3) is 5.91 Å². The highest BCUT2D eigenvalue weighted by atomic mass is 19.1. The summed E-state index contributed by atoms with van der Waals surface area (Å²) < 4.78 is 18.4. The molecule has 1 aliphatic heterocycles. The first kappa shape index (κ1) is 15.6. The van der Waals surface area contributed by atoms with Crippen LogP contribution in [0.3, 0.4) is 0 Å². The Balaban J connectivity index is 1.50. The Kier molecular flexibility index (Phi) is 4.05. The number of likely N-dealkylation sites (tertiary alicyclic amines) is 1. The summed E-state index contributed by atoms with van der Waals surface area (Å²) in [4.78, 5) is 21.7. The van der Waals surface area contributed by atoms with Crippen LogP contribution in [0.5, 0.6) is 0 Å². The van der Waals surface area contributed by atoms with Gasteiger partial charge in [0.1, 0.15) is 17.6 Å². The fourth-order valence-corrected chi connectivity index (χ4v) is 3.14. The summed E-state index contributed by atoms with van der Waals surface area (Å²) in [5.41, 5.74) is 1.46. The number of nitrogens with one attached hydrogen (secondary N) is 1. The maximum absolute atomic E-state index is 13.0. The van der Waals surface area contributed by atoms with Gasteiger partial charge in [-0.15, -0.1) is 0 Å². The number of hydrogen-bond donors (Lipinski definition) is 1. The number of hydrogen-bond acceptors (Lipinski definition) is 4. The molecule has 6 nitrogen and oxygen atoms in total. The zero-order chi connectivity index (χ0) is 17.2. The first-order valence-corrected chi connectivity index (χ1v) is 8.22. The third kappa shape index (κ3) is 3.17. The van der Waals surface area contributed by atoms with Crippen LogP contribution >= 0.6 is 0 Å². The Labute approximate surface area is 143 Å². The lowest BCUT2D eigenvalue weighted by molar-refractivity contribution is 0.0705. The molecule has 1 fully saturated rings. The molecule has 0 aliphatic carbocycles. The second-order valence-electron chi connectivity index (χ2n) is 6.09. The van der Waals surface area contributed by atoms with Crippen LogP contribution in [0.4, 0.5) is 4.39 Å². The third-order valence-corrected chi connectivity index (χ3v) is 4.39. The van der Waals surface area contributed by atoms with Crippen molar-refractivity contribution in [3.63, 3.8) is 0 Å². The van der Waals surface area contributed by atoms with Crippen LogP contribution < -0.4 is 0 Å². The van der Waals surface area contributed by atoms with Crippen molar-refractivity contribution >= 4 is 5.91 Å². The topological polar surface area (TPSA) is 75.0 Å². The van der Waals surface area contributed by atoms with Crippen molar-refractivity contribution in [3.05, 3.63) is 71.4 Å². The van der Waals surface area contributed by atoms with Gasteiger partial charge in [-0.25, -0.2) is 4.39 Å². The number of halogens is 1. The van der Waals surface area contributed by atoms with Gasteiger partial charge < -0.3 is 14.4 Å². The lowest BCUT2D eigenvalue weighted by Crippen LogP contribution is -2.31. The van der Waals surface area contributed by atoms with Gasteiger partial charge in [-0.3, -0.25) is 4.79 Å². The van der Waals surface area contributed by atoms with E-state index in [9.17, 15) is 9.18 Å². The van der Waals surface area contributed by atoms with Crippen molar-refractivity contribution in [3.8, 4) is 0 Å². The number of nitrogens with zero attached hydrogens (tertiary/aromatic N) is 3. The molecule has 4 rings (SSSR count). The lowest BCUT2D eigenvalue weighted by Gasteiger charge is -2.21. The fraction of sp³-hybridized carbons (Fsp3) is 0.278. The Morgan fingerprint density at radius 3 is 2.92 bits per heavy atom. The van der Waals surface area contributed by atoms with Gasteiger partial charge in [-0.1, -0.05) is 17.3 Å². The second-order valence-corrected chi connectivity index (χ2v) is 6.09. The summed E-state index contributed by atoms with van der Waals surface area (Å²) in [5, 5.41) is 4.01. The predicted molar refractivity (Wildman–Crippen MR) is 87.3 cm³/mol. The highest BCUT2D eigenvalue weighted by Gasteiger charge is 2.34. The average molecular weight is 340 g/mol. The first-order valence-electron chi connectivity index (χ1n) is 8.22. The van der Waals surface area contributed by atoms with Gasteiger partial charge in [0, 0.05) is 19.2 Å². The van der Waals surface area contributed by atoms with Gasteiger partial charge in [0.05, 0.1) is 0 Å². The van der Waals surface area contributed by atoms with E-state index in [0.717, 1.165) is 18.4 Å². The average Bonchev–Trinajstić information content (AvgIpc) is 3.37. The maximum atomic E-state index is 13.0. The van der Waals surface area contributed by atoms with E-state index in [1.54, 1.807) is 35.4 Å². The molecule has 0 radical (unpaired) electrons. The number of carbonyl (C=O) groups excluding carboxylic acids is 1. The van der Waals surface area contributed by atoms with E-state index in [-0.39, 0.29) is 17.8 Å². The van der Waals surface area contributed by atoms with Crippen molar-refractivity contribution in [2.45, 2.75) is 25.3 Å². The van der Waals surface area contributed by atoms with Crippen molar-refractivity contribution in [1.29, 1.82) is 0 Å². The van der Waals surface area contributed by atoms with Gasteiger partial charge in [-0.05, 0) is 42.7 Å². The van der Waals surface area contributed by atoms with Crippen LogP contribution in [0.1, 0.15) is 46.7 Å². The number of carbonyl (C=O) groups is 1. The highest BCUT2D eigenvalue weighted by Crippen LogP contribution is 2.32. The fourth-order valence-electron chi connectivity index (χ4n) is 3.14. The van der Waals surface area contributed by atoms with E-state index in [1.807, 2.05) is 0 Å². The number of aromatic amines is 1. The van der Waals surface area contributed by atoms with Crippen LogP contribution in [-0.2, 0) is 6.42 Å². The minimum atomic E-state index is -0.276. The van der Waals surface area contributed by atoms with Gasteiger partial charge >= 0.3 is 0 Å². The molecule has 0 unspecified atom stereocenters. The number of rotatable bonds is 4. The van der Waals surface area contributed by atoms with E-state index in [4.69, 9.17) is 4.52 Å². The maximum Gasteiger partial charge on any atom is 0.270 e. The molecule has 1 saturated heterocycles. The number of benzene rings is 1. The Bertz CT molecular complexity index is 858. The van der Waals surface area contributed by atoms with E-state index < -0.39 is 0 Å². The van der Waals surface area contributed by atoms with E-state index in [0.29, 0.717) is 30.4 Å². The molecule has 1 atom stereocenters. The summed E-state index contributed by atoms with van der Waals surface area (Å²) in [5.74, 6) is 0.642. The minimum Gasteiger partial charge on any atom is -0.357 e. The van der Waals surface area contributed by atoms with Crippen molar-refractivity contribution in [2.24, 2.45) is 0 Å². The van der Waals surface area contributed by atoms with Crippen molar-refractivity contribution in [2.75, 3.05) is 6.54 Å². The quantitative estimate of drug-likeness (QED) is 0.792. The molecular weight excluding hydrogens is 323 g/mol. The summed E-state index contributed by atoms with van der Waals surface area (Å²) >= 11 is 0. The number of H-pyrrole nitrogens is 1. The molecule has 128 valence electrons. The molecule has 3 heterocycles. The Morgan fingerprint density at radius 2 is 2.16 bits per heavy atom. The molecule has 0 spiro atoms. The SMILES string of the molecule is O=C(c1ccc[nH]1)N1CCC[C@H]1c1nc(Cc2ccc(F)cc2)no1. The molecule has 25 heavy (non-hydrogen) atoms. The largest absolute Gasteiger partial charge is 0.357 e. The van der Waals surface area contributed by atoms with Gasteiger partial charge in [0.2, 0.25) is 5.89 Å². The van der Waals surface area contributed by atoms with E-state index in [1.165, 1.54) is 12.1 Å². The molecule has 1 amide bonds. The summed E-state index contributed by atoms with van der Waals surface area (Å²) in [7, 11) is 0. The third-order valence-electron chi connectivity index (χ3n) is 4.39. The van der Waals surface area contributed by atoms with Crippen LogP contribution in [-0.4, -0.2) is 32.5 Å². The zero-order valence-corrected chi connectivity index (χ0v) is 13.5. The van der Waals surface area contributed by atoms with Crippen LogP contribution in [0, 0.1) is 5.82 Å². The summed E-state index contributed by atoms with van der Waals surface area (Å²) in [6.45, 7) is 0.665. The zero-order valence-electron chi connectivity index (χ0n) is 13.5. The Hall–Kier alpha value is -2.96. The molecule has 2 aromatic heterocycles. The van der Waals surface area contributed by atoms with Crippen molar-refractivity contribution < 1.29 is 13.7 Å². The normalized spacial score (nSPS) is 17.2. The summed E-state index contributed by atoms with van der Waals surface area (Å²) in [6.07, 6.45) is 3.88. The molecular formula is C18H17FN4O2. The molecule has 0 bridgehead atoms. The van der Waals surface area contributed by atoms with E-state index >= 15 is 0 Å². The van der Waals surface area contributed by atoms with Crippen LogP contribution in [0.25, 0.3) is 0 Å². The standard InChI is InChI=1S/C18H17FN4O2/c19-13-7-5-12(6-8-13)11-16-21-17(25-22-16)15-4-2-10-23(15)18(24)14-3-1-9-20-14/h1,3,5-9,15,20H,2,4,10-11H2/t15-/m0/s1. The van der Waals surface area contributed by atoms with Crippen LogP contribution in [0.15, 0.2) is 47.1 Å². The predicted octanol–water partition coefficient (Wildman–Crippen LogP) is 3.10. The minimum absolute atomic E-state index is 0.0641.